The summed E-state index contributed by atoms with van der Waals surface area (Å²) in [6.45, 7) is 5.28. The Morgan fingerprint density at radius 2 is 1.82 bits per heavy atom. The fourth-order valence-electron chi connectivity index (χ4n) is 5.01. The minimum Gasteiger partial charge on any atom is -0.493 e. The van der Waals surface area contributed by atoms with Crippen LogP contribution < -0.4 is 9.64 Å². The van der Waals surface area contributed by atoms with Gasteiger partial charge in [0, 0.05) is 50.5 Å². The number of benzene rings is 3. The maximum atomic E-state index is 13.9. The number of amides is 1. The minimum atomic E-state index is -0.217. The number of carbonyl (C=O) groups is 1. The van der Waals surface area contributed by atoms with Crippen LogP contribution in [0.15, 0.2) is 72.8 Å². The van der Waals surface area contributed by atoms with Crippen molar-refractivity contribution >= 4 is 11.6 Å². The predicted octanol–water partition coefficient (Wildman–Crippen LogP) is 5.11. The standard InChI is InChI=1S/C31H35FN2O4/c32-30-9-2-1-6-25(30)14-18-38-28-7-3-5-24(21-28)22-34(23-29-8-4-17-37-29)31(35)26-10-12-27(13-11-26)33-15-19-36-20-16-33/h1-3,5-7,9-13,21,29H,4,8,14-20,22-23H2. The molecule has 0 saturated carbocycles. The molecule has 2 fully saturated rings. The smallest absolute Gasteiger partial charge is 0.254 e. The number of halogens is 1. The Bertz CT molecular complexity index is 1190. The third-order valence-electron chi connectivity index (χ3n) is 7.10. The second-order valence-corrected chi connectivity index (χ2v) is 9.80. The van der Waals surface area contributed by atoms with E-state index in [0.717, 1.165) is 57.0 Å². The molecule has 1 amide bonds. The highest BCUT2D eigenvalue weighted by Crippen LogP contribution is 2.22. The zero-order valence-corrected chi connectivity index (χ0v) is 21.7. The van der Waals surface area contributed by atoms with Crippen molar-refractivity contribution in [3.8, 4) is 5.75 Å². The van der Waals surface area contributed by atoms with E-state index >= 15 is 0 Å². The van der Waals surface area contributed by atoms with E-state index in [0.29, 0.717) is 43.0 Å². The van der Waals surface area contributed by atoms with E-state index in [1.807, 2.05) is 59.5 Å². The van der Waals surface area contributed by atoms with Crippen LogP contribution in [0.4, 0.5) is 10.1 Å². The Morgan fingerprint density at radius 1 is 1.00 bits per heavy atom. The van der Waals surface area contributed by atoms with Crippen molar-refractivity contribution in [2.24, 2.45) is 0 Å². The van der Waals surface area contributed by atoms with Gasteiger partial charge in [0.25, 0.3) is 5.91 Å². The highest BCUT2D eigenvalue weighted by atomic mass is 19.1. The summed E-state index contributed by atoms with van der Waals surface area (Å²) in [5.74, 6) is 0.476. The summed E-state index contributed by atoms with van der Waals surface area (Å²) in [6.07, 6.45) is 2.51. The Balaban J connectivity index is 1.25. The number of hydrogen-bond donors (Lipinski definition) is 0. The van der Waals surface area contributed by atoms with Gasteiger partial charge in [-0.3, -0.25) is 4.79 Å². The normalized spacial score (nSPS) is 17.4. The molecule has 0 aromatic heterocycles. The van der Waals surface area contributed by atoms with Crippen LogP contribution >= 0.6 is 0 Å². The van der Waals surface area contributed by atoms with Gasteiger partial charge in [0.05, 0.1) is 25.9 Å². The zero-order valence-electron chi connectivity index (χ0n) is 21.7. The van der Waals surface area contributed by atoms with Crippen molar-refractivity contribution in [2.75, 3.05) is 51.0 Å². The molecule has 2 heterocycles. The van der Waals surface area contributed by atoms with Crippen LogP contribution in [0.1, 0.15) is 34.3 Å². The molecule has 3 aromatic carbocycles. The Kier molecular flexibility index (Phi) is 8.89. The molecule has 2 aliphatic rings. The van der Waals surface area contributed by atoms with Crippen LogP contribution in [0.25, 0.3) is 0 Å². The van der Waals surface area contributed by atoms with E-state index in [9.17, 15) is 9.18 Å². The number of rotatable bonds is 10. The molecule has 3 aromatic rings. The van der Waals surface area contributed by atoms with E-state index in [1.54, 1.807) is 12.1 Å². The highest BCUT2D eigenvalue weighted by molar-refractivity contribution is 5.94. The van der Waals surface area contributed by atoms with E-state index in [1.165, 1.54) is 6.07 Å². The average molecular weight is 519 g/mol. The summed E-state index contributed by atoms with van der Waals surface area (Å²) in [6, 6.07) is 22.4. The molecule has 200 valence electrons. The van der Waals surface area contributed by atoms with Crippen LogP contribution in [0.2, 0.25) is 0 Å². The van der Waals surface area contributed by atoms with Gasteiger partial charge in [0.2, 0.25) is 0 Å². The number of morpholine rings is 1. The summed E-state index contributed by atoms with van der Waals surface area (Å²) >= 11 is 0. The maximum absolute atomic E-state index is 13.9. The first kappa shape index (κ1) is 26.2. The van der Waals surface area contributed by atoms with E-state index in [4.69, 9.17) is 14.2 Å². The van der Waals surface area contributed by atoms with Crippen molar-refractivity contribution < 1.29 is 23.4 Å². The SMILES string of the molecule is O=C(c1ccc(N2CCOCC2)cc1)N(Cc1cccc(OCCc2ccccc2F)c1)CC1CCCO1. The Morgan fingerprint density at radius 3 is 2.58 bits per heavy atom. The molecule has 2 aliphatic heterocycles. The van der Waals surface area contributed by atoms with Crippen LogP contribution in [-0.4, -0.2) is 63.0 Å². The van der Waals surface area contributed by atoms with Gasteiger partial charge in [-0.05, 0) is 66.4 Å². The van der Waals surface area contributed by atoms with E-state index < -0.39 is 0 Å². The molecule has 0 bridgehead atoms. The van der Waals surface area contributed by atoms with Crippen LogP contribution in [0.3, 0.4) is 0 Å². The lowest BCUT2D eigenvalue weighted by atomic mass is 10.1. The Labute approximate surface area is 223 Å². The maximum Gasteiger partial charge on any atom is 0.254 e. The van der Waals surface area contributed by atoms with Crippen LogP contribution in [0, 0.1) is 5.82 Å². The second-order valence-electron chi connectivity index (χ2n) is 9.80. The summed E-state index contributed by atoms with van der Waals surface area (Å²) < 4.78 is 31.2. The first-order valence-electron chi connectivity index (χ1n) is 13.4. The second kappa shape index (κ2) is 12.9. The number of hydrogen-bond acceptors (Lipinski definition) is 5. The molecule has 7 heteroatoms. The highest BCUT2D eigenvalue weighted by Gasteiger charge is 2.24. The molecule has 0 radical (unpaired) electrons. The molecule has 5 rings (SSSR count). The number of ether oxygens (including phenoxy) is 3. The fraction of sp³-hybridized carbons (Fsp3) is 0.387. The lowest BCUT2D eigenvalue weighted by Crippen LogP contribution is -2.37. The van der Waals surface area contributed by atoms with Gasteiger partial charge in [0.1, 0.15) is 11.6 Å². The fourth-order valence-corrected chi connectivity index (χ4v) is 5.01. The van der Waals surface area contributed by atoms with Crippen LogP contribution in [-0.2, 0) is 22.4 Å². The Hall–Kier alpha value is -3.42. The van der Waals surface area contributed by atoms with Crippen molar-refractivity contribution in [3.05, 3.63) is 95.3 Å². The van der Waals surface area contributed by atoms with E-state index in [-0.39, 0.29) is 17.8 Å². The summed E-state index contributed by atoms with van der Waals surface area (Å²) in [4.78, 5) is 17.8. The van der Waals surface area contributed by atoms with Crippen LogP contribution in [0.5, 0.6) is 5.75 Å². The van der Waals surface area contributed by atoms with E-state index in [2.05, 4.69) is 4.90 Å². The number of anilines is 1. The molecule has 2 saturated heterocycles. The molecule has 1 atom stereocenters. The number of carbonyl (C=O) groups excluding carboxylic acids is 1. The summed E-state index contributed by atoms with van der Waals surface area (Å²) in [7, 11) is 0. The quantitative estimate of drug-likeness (QED) is 0.374. The predicted molar refractivity (Wildman–Crippen MR) is 145 cm³/mol. The molecule has 0 aliphatic carbocycles. The van der Waals surface area contributed by atoms with Crippen molar-refractivity contribution in [1.82, 2.24) is 4.90 Å². The first-order valence-corrected chi connectivity index (χ1v) is 13.4. The molecular formula is C31H35FN2O4. The van der Waals surface area contributed by atoms with Gasteiger partial charge in [-0.15, -0.1) is 0 Å². The van der Waals surface area contributed by atoms with Gasteiger partial charge in [-0.25, -0.2) is 4.39 Å². The van der Waals surface area contributed by atoms with Gasteiger partial charge in [-0.2, -0.15) is 0 Å². The monoisotopic (exact) mass is 518 g/mol. The van der Waals surface area contributed by atoms with Gasteiger partial charge >= 0.3 is 0 Å². The lowest BCUT2D eigenvalue weighted by molar-refractivity contribution is 0.0507. The molecule has 1 unspecified atom stereocenters. The van der Waals surface area contributed by atoms with Gasteiger partial charge < -0.3 is 24.0 Å². The largest absolute Gasteiger partial charge is 0.493 e. The molecule has 6 nitrogen and oxygen atoms in total. The minimum absolute atomic E-state index is 0.0140. The average Bonchev–Trinajstić information content (AvgIpc) is 3.47. The molecule has 38 heavy (non-hydrogen) atoms. The zero-order chi connectivity index (χ0) is 26.2. The third kappa shape index (κ3) is 6.91. The van der Waals surface area contributed by atoms with Crippen molar-refractivity contribution in [2.45, 2.75) is 31.9 Å². The summed E-state index contributed by atoms with van der Waals surface area (Å²) in [5, 5.41) is 0. The number of nitrogens with zero attached hydrogens (tertiary/aromatic N) is 2. The van der Waals surface area contributed by atoms with Crippen molar-refractivity contribution in [3.63, 3.8) is 0 Å². The topological polar surface area (TPSA) is 51.2 Å². The summed E-state index contributed by atoms with van der Waals surface area (Å²) in [5.41, 5.74) is 3.38. The molecular weight excluding hydrogens is 483 g/mol. The lowest BCUT2D eigenvalue weighted by Gasteiger charge is -2.29. The molecule has 0 N–H and O–H groups in total. The molecule has 0 spiro atoms. The van der Waals surface area contributed by atoms with Crippen molar-refractivity contribution in [1.29, 1.82) is 0 Å². The first-order chi connectivity index (χ1) is 18.7. The van der Waals surface area contributed by atoms with Gasteiger partial charge in [-0.1, -0.05) is 30.3 Å². The van der Waals surface area contributed by atoms with Gasteiger partial charge in [0.15, 0.2) is 0 Å². The third-order valence-corrected chi connectivity index (χ3v) is 7.10.